The summed E-state index contributed by atoms with van der Waals surface area (Å²) in [5.74, 6) is 0.203. The van der Waals surface area contributed by atoms with Gasteiger partial charge in [-0.05, 0) is 42.0 Å². The van der Waals surface area contributed by atoms with Crippen LogP contribution in [0.3, 0.4) is 0 Å². The zero-order valence-electron chi connectivity index (χ0n) is 13.7. The number of hydrogen-bond acceptors (Lipinski definition) is 2. The molecule has 1 fully saturated rings. The van der Waals surface area contributed by atoms with Crippen molar-refractivity contribution in [2.45, 2.75) is 12.8 Å². The standard InChI is InChI=1S/C21H18BrNO2/c22-17-6-3-4-14(13-17)12-16-10-11-23(21(16)25)20-18-7-2-1-5-15(18)8-9-19(20)24/h1-9,13,16,24H,10-12H2. The van der Waals surface area contributed by atoms with Crippen molar-refractivity contribution in [2.24, 2.45) is 5.92 Å². The van der Waals surface area contributed by atoms with Gasteiger partial charge in [0.1, 0.15) is 5.75 Å². The fourth-order valence-corrected chi connectivity index (χ4v) is 4.07. The van der Waals surface area contributed by atoms with Crippen molar-refractivity contribution < 1.29 is 9.90 Å². The van der Waals surface area contributed by atoms with E-state index in [-0.39, 0.29) is 17.6 Å². The van der Waals surface area contributed by atoms with Gasteiger partial charge in [0, 0.05) is 22.3 Å². The summed E-state index contributed by atoms with van der Waals surface area (Å²) in [6, 6.07) is 19.5. The van der Waals surface area contributed by atoms with Gasteiger partial charge in [-0.25, -0.2) is 0 Å². The average Bonchev–Trinajstić information content (AvgIpc) is 2.95. The van der Waals surface area contributed by atoms with Gasteiger partial charge in [0.25, 0.3) is 0 Å². The van der Waals surface area contributed by atoms with E-state index in [9.17, 15) is 9.90 Å². The number of rotatable bonds is 3. The molecular weight excluding hydrogens is 378 g/mol. The van der Waals surface area contributed by atoms with Crippen LogP contribution in [0.15, 0.2) is 65.1 Å². The molecule has 4 heteroatoms. The highest BCUT2D eigenvalue weighted by molar-refractivity contribution is 9.10. The zero-order chi connectivity index (χ0) is 17.4. The van der Waals surface area contributed by atoms with Crippen LogP contribution >= 0.6 is 15.9 Å². The van der Waals surface area contributed by atoms with Crippen molar-refractivity contribution in [3.63, 3.8) is 0 Å². The van der Waals surface area contributed by atoms with E-state index in [1.165, 1.54) is 0 Å². The summed E-state index contributed by atoms with van der Waals surface area (Å²) >= 11 is 3.48. The number of nitrogens with zero attached hydrogens (tertiary/aromatic N) is 1. The molecular formula is C21H18BrNO2. The maximum absolute atomic E-state index is 13.0. The third-order valence-electron chi connectivity index (χ3n) is 4.84. The van der Waals surface area contributed by atoms with Gasteiger partial charge in [-0.15, -0.1) is 0 Å². The highest BCUT2D eigenvalue weighted by Gasteiger charge is 2.34. The van der Waals surface area contributed by atoms with Crippen LogP contribution in [-0.4, -0.2) is 17.6 Å². The fourth-order valence-electron chi connectivity index (χ4n) is 3.63. The summed E-state index contributed by atoms with van der Waals surface area (Å²) in [7, 11) is 0. The highest BCUT2D eigenvalue weighted by Crippen LogP contribution is 2.39. The molecule has 0 radical (unpaired) electrons. The van der Waals surface area contributed by atoms with Crippen molar-refractivity contribution >= 4 is 38.3 Å². The van der Waals surface area contributed by atoms with E-state index in [1.54, 1.807) is 11.0 Å². The molecule has 1 aliphatic rings. The Morgan fingerprint density at radius 2 is 1.92 bits per heavy atom. The summed E-state index contributed by atoms with van der Waals surface area (Å²) in [5.41, 5.74) is 1.79. The molecule has 4 rings (SSSR count). The molecule has 1 amide bonds. The Labute approximate surface area is 155 Å². The summed E-state index contributed by atoms with van der Waals surface area (Å²) in [5, 5.41) is 12.3. The van der Waals surface area contributed by atoms with Crippen LogP contribution in [0.2, 0.25) is 0 Å². The van der Waals surface area contributed by atoms with E-state index in [0.717, 1.165) is 33.7 Å². The molecule has 3 nitrogen and oxygen atoms in total. The third-order valence-corrected chi connectivity index (χ3v) is 5.33. The summed E-state index contributed by atoms with van der Waals surface area (Å²) in [6.07, 6.45) is 1.52. The Hall–Kier alpha value is -2.33. The summed E-state index contributed by atoms with van der Waals surface area (Å²) < 4.78 is 1.03. The van der Waals surface area contributed by atoms with Crippen LogP contribution < -0.4 is 4.90 Å². The highest BCUT2D eigenvalue weighted by atomic mass is 79.9. The summed E-state index contributed by atoms with van der Waals surface area (Å²) in [4.78, 5) is 14.7. The van der Waals surface area contributed by atoms with Gasteiger partial charge in [0.15, 0.2) is 0 Å². The molecule has 0 spiro atoms. The molecule has 25 heavy (non-hydrogen) atoms. The molecule has 1 atom stereocenters. The van der Waals surface area contributed by atoms with Gasteiger partial charge in [0.2, 0.25) is 5.91 Å². The lowest BCUT2D eigenvalue weighted by Crippen LogP contribution is -2.28. The predicted octanol–water partition coefficient (Wildman–Crippen LogP) is 4.90. The number of phenolic OH excluding ortho intramolecular Hbond substituents is 1. The molecule has 1 saturated heterocycles. The number of amides is 1. The second-order valence-electron chi connectivity index (χ2n) is 6.46. The lowest BCUT2D eigenvalue weighted by atomic mass is 9.98. The number of phenols is 1. The number of aromatic hydroxyl groups is 1. The number of carbonyl (C=O) groups excluding carboxylic acids is 1. The van der Waals surface area contributed by atoms with Crippen molar-refractivity contribution in [3.05, 3.63) is 70.7 Å². The van der Waals surface area contributed by atoms with Crippen LogP contribution in [0, 0.1) is 5.92 Å². The molecule has 0 saturated carbocycles. The maximum atomic E-state index is 13.0. The molecule has 0 aliphatic carbocycles. The fraction of sp³-hybridized carbons (Fsp3) is 0.190. The molecule has 126 valence electrons. The first-order chi connectivity index (χ1) is 12.1. The number of benzene rings is 3. The first-order valence-electron chi connectivity index (χ1n) is 8.40. The van der Waals surface area contributed by atoms with Crippen LogP contribution in [0.5, 0.6) is 5.75 Å². The van der Waals surface area contributed by atoms with Crippen LogP contribution in [0.25, 0.3) is 10.8 Å². The predicted molar refractivity (Wildman–Crippen MR) is 104 cm³/mol. The quantitative estimate of drug-likeness (QED) is 0.684. The lowest BCUT2D eigenvalue weighted by molar-refractivity contribution is -0.120. The molecule has 1 unspecified atom stereocenters. The Balaban J connectivity index is 1.65. The lowest BCUT2D eigenvalue weighted by Gasteiger charge is -2.20. The van der Waals surface area contributed by atoms with E-state index in [0.29, 0.717) is 12.2 Å². The molecule has 0 bridgehead atoms. The minimum absolute atomic E-state index is 0.0485. The first kappa shape index (κ1) is 16.2. The topological polar surface area (TPSA) is 40.5 Å². The van der Waals surface area contributed by atoms with E-state index in [2.05, 4.69) is 28.1 Å². The minimum atomic E-state index is -0.0485. The molecule has 0 aromatic heterocycles. The molecule has 1 heterocycles. The van der Waals surface area contributed by atoms with Gasteiger partial charge >= 0.3 is 0 Å². The minimum Gasteiger partial charge on any atom is -0.506 e. The SMILES string of the molecule is O=C1C(Cc2cccc(Br)c2)CCN1c1c(O)ccc2ccccc12. The normalized spacial score (nSPS) is 17.4. The van der Waals surface area contributed by atoms with Crippen LogP contribution in [0.1, 0.15) is 12.0 Å². The van der Waals surface area contributed by atoms with E-state index in [1.807, 2.05) is 42.5 Å². The van der Waals surface area contributed by atoms with Crippen molar-refractivity contribution in [1.82, 2.24) is 0 Å². The van der Waals surface area contributed by atoms with E-state index >= 15 is 0 Å². The van der Waals surface area contributed by atoms with Crippen molar-refractivity contribution in [1.29, 1.82) is 0 Å². The monoisotopic (exact) mass is 395 g/mol. The third kappa shape index (κ3) is 3.02. The number of hydrogen-bond donors (Lipinski definition) is 1. The number of anilines is 1. The van der Waals surface area contributed by atoms with Gasteiger partial charge in [0.05, 0.1) is 5.69 Å². The average molecular weight is 396 g/mol. The zero-order valence-corrected chi connectivity index (χ0v) is 15.2. The Morgan fingerprint density at radius 1 is 1.08 bits per heavy atom. The second kappa shape index (κ2) is 6.52. The Morgan fingerprint density at radius 3 is 2.76 bits per heavy atom. The van der Waals surface area contributed by atoms with E-state index < -0.39 is 0 Å². The smallest absolute Gasteiger partial charge is 0.230 e. The van der Waals surface area contributed by atoms with Crippen molar-refractivity contribution in [3.8, 4) is 5.75 Å². The Bertz CT molecular complexity index is 954. The molecule has 1 N–H and O–H groups in total. The van der Waals surface area contributed by atoms with Crippen LogP contribution in [-0.2, 0) is 11.2 Å². The van der Waals surface area contributed by atoms with Gasteiger partial charge in [-0.1, -0.05) is 58.4 Å². The van der Waals surface area contributed by atoms with Gasteiger partial charge in [-0.3, -0.25) is 4.79 Å². The molecule has 1 aliphatic heterocycles. The number of fused-ring (bicyclic) bond motifs is 1. The summed E-state index contributed by atoms with van der Waals surface area (Å²) in [6.45, 7) is 0.638. The van der Waals surface area contributed by atoms with Gasteiger partial charge < -0.3 is 10.0 Å². The maximum Gasteiger partial charge on any atom is 0.230 e. The first-order valence-corrected chi connectivity index (χ1v) is 9.19. The second-order valence-corrected chi connectivity index (χ2v) is 7.38. The molecule has 3 aromatic carbocycles. The Kier molecular flexibility index (Phi) is 4.22. The van der Waals surface area contributed by atoms with Gasteiger partial charge in [-0.2, -0.15) is 0 Å². The number of carbonyl (C=O) groups is 1. The van der Waals surface area contributed by atoms with Crippen molar-refractivity contribution in [2.75, 3.05) is 11.4 Å². The largest absolute Gasteiger partial charge is 0.506 e. The molecule has 3 aromatic rings. The van der Waals surface area contributed by atoms with E-state index in [4.69, 9.17) is 0 Å². The number of halogens is 1. The van der Waals surface area contributed by atoms with Crippen LogP contribution in [0.4, 0.5) is 5.69 Å².